The molecule has 0 fully saturated rings. The number of carbonyl (C=O) groups is 1. The molecule has 0 aliphatic rings. The topological polar surface area (TPSA) is 61.9 Å². The van der Waals surface area contributed by atoms with Gasteiger partial charge in [-0.15, -0.1) is 0 Å². The van der Waals surface area contributed by atoms with Crippen LogP contribution in [0.15, 0.2) is 30.5 Å². The van der Waals surface area contributed by atoms with E-state index in [1.165, 1.54) is 4.90 Å². The second-order valence-corrected chi connectivity index (χ2v) is 5.21. The normalized spacial score (nSPS) is 10.2. The third kappa shape index (κ3) is 3.41. The first-order chi connectivity index (χ1) is 10.0. The highest BCUT2D eigenvalue weighted by Gasteiger charge is 2.19. The second kappa shape index (κ2) is 6.42. The van der Waals surface area contributed by atoms with E-state index >= 15 is 0 Å². The third-order valence-corrected chi connectivity index (χ3v) is 3.18. The second-order valence-electron chi connectivity index (χ2n) is 4.77. The third-order valence-electron chi connectivity index (χ3n) is 2.95. The van der Waals surface area contributed by atoms with Crippen molar-refractivity contribution in [1.29, 1.82) is 5.26 Å². The highest BCUT2D eigenvalue weighted by Crippen LogP contribution is 2.25. The van der Waals surface area contributed by atoms with E-state index in [4.69, 9.17) is 16.9 Å². The molecule has 2 rings (SSSR count). The van der Waals surface area contributed by atoms with Crippen LogP contribution < -0.4 is 0 Å². The van der Waals surface area contributed by atoms with E-state index < -0.39 is 0 Å². The van der Waals surface area contributed by atoms with Gasteiger partial charge in [-0.3, -0.25) is 9.48 Å². The van der Waals surface area contributed by atoms with Gasteiger partial charge in [0.1, 0.15) is 5.69 Å². The van der Waals surface area contributed by atoms with Gasteiger partial charge in [0.25, 0.3) is 5.91 Å². The number of hydrogen-bond donors (Lipinski definition) is 0. The van der Waals surface area contributed by atoms with Gasteiger partial charge in [-0.25, -0.2) is 0 Å². The van der Waals surface area contributed by atoms with Crippen molar-refractivity contribution in [2.24, 2.45) is 0 Å². The van der Waals surface area contributed by atoms with Crippen molar-refractivity contribution in [3.05, 3.63) is 41.0 Å². The molecular weight excluding hydrogens is 288 g/mol. The molecule has 1 aromatic heterocycles. The Morgan fingerprint density at radius 3 is 2.86 bits per heavy atom. The molecule has 0 aliphatic carbocycles. The molecule has 21 heavy (non-hydrogen) atoms. The minimum absolute atomic E-state index is 0.131. The van der Waals surface area contributed by atoms with Gasteiger partial charge in [0.15, 0.2) is 0 Å². The van der Waals surface area contributed by atoms with Crippen molar-refractivity contribution in [2.75, 3.05) is 14.1 Å². The van der Waals surface area contributed by atoms with Crippen molar-refractivity contribution in [3.63, 3.8) is 0 Å². The molecule has 0 N–H and O–H groups in total. The summed E-state index contributed by atoms with van der Waals surface area (Å²) in [5, 5.41) is 13.7. The Bertz CT molecular complexity index is 700. The summed E-state index contributed by atoms with van der Waals surface area (Å²) < 4.78 is 1.62. The maximum absolute atomic E-state index is 12.3. The SMILES string of the molecule is CN(C)C(=O)c1cn(CCC#N)nc1-c1cccc(Cl)c1. The Labute approximate surface area is 128 Å². The van der Waals surface area contributed by atoms with Gasteiger partial charge in [-0.1, -0.05) is 23.7 Å². The van der Waals surface area contributed by atoms with Crippen LogP contribution in [0.1, 0.15) is 16.8 Å². The summed E-state index contributed by atoms with van der Waals surface area (Å²) in [5.74, 6) is -0.131. The fraction of sp³-hybridized carbons (Fsp3) is 0.267. The van der Waals surface area contributed by atoms with Crippen LogP contribution in [-0.2, 0) is 6.54 Å². The predicted molar refractivity (Wildman–Crippen MR) is 80.9 cm³/mol. The highest BCUT2D eigenvalue weighted by atomic mass is 35.5. The van der Waals surface area contributed by atoms with Crippen LogP contribution in [0.4, 0.5) is 0 Å². The molecule has 0 aliphatic heterocycles. The Kier molecular flexibility index (Phi) is 4.61. The highest BCUT2D eigenvalue weighted by molar-refractivity contribution is 6.30. The van der Waals surface area contributed by atoms with Crippen molar-refractivity contribution >= 4 is 17.5 Å². The van der Waals surface area contributed by atoms with Crippen molar-refractivity contribution in [1.82, 2.24) is 14.7 Å². The van der Waals surface area contributed by atoms with Crippen molar-refractivity contribution in [2.45, 2.75) is 13.0 Å². The standard InChI is InChI=1S/C15H15ClN4O/c1-19(2)15(21)13-10-20(8-4-7-17)18-14(13)11-5-3-6-12(16)9-11/h3,5-6,9-10H,4,8H2,1-2H3. The summed E-state index contributed by atoms with van der Waals surface area (Å²) in [7, 11) is 3.38. The van der Waals surface area contributed by atoms with Gasteiger partial charge < -0.3 is 4.90 Å². The molecule has 0 unspecified atom stereocenters. The van der Waals surface area contributed by atoms with Crippen LogP contribution >= 0.6 is 11.6 Å². The minimum atomic E-state index is -0.131. The summed E-state index contributed by atoms with van der Waals surface area (Å²) in [5.41, 5.74) is 1.86. The van der Waals surface area contributed by atoms with E-state index in [-0.39, 0.29) is 5.91 Å². The molecule has 108 valence electrons. The van der Waals surface area contributed by atoms with E-state index in [1.54, 1.807) is 37.1 Å². The van der Waals surface area contributed by atoms with Crippen LogP contribution in [-0.4, -0.2) is 34.7 Å². The number of aromatic nitrogens is 2. The fourth-order valence-electron chi connectivity index (χ4n) is 1.95. The summed E-state index contributed by atoms with van der Waals surface area (Å²) in [6, 6.07) is 9.28. The molecule has 1 aromatic carbocycles. The lowest BCUT2D eigenvalue weighted by molar-refractivity contribution is 0.0828. The van der Waals surface area contributed by atoms with E-state index in [0.29, 0.717) is 29.2 Å². The summed E-state index contributed by atoms with van der Waals surface area (Å²) in [4.78, 5) is 13.8. The Balaban J connectivity index is 2.49. The molecule has 0 bridgehead atoms. The Morgan fingerprint density at radius 2 is 2.24 bits per heavy atom. The summed E-state index contributed by atoms with van der Waals surface area (Å²) >= 11 is 6.01. The quantitative estimate of drug-likeness (QED) is 0.872. The largest absolute Gasteiger partial charge is 0.345 e. The average Bonchev–Trinajstić information content (AvgIpc) is 2.88. The van der Waals surface area contributed by atoms with Crippen molar-refractivity contribution < 1.29 is 4.79 Å². The monoisotopic (exact) mass is 302 g/mol. The fourth-order valence-corrected chi connectivity index (χ4v) is 2.14. The number of rotatable bonds is 4. The number of hydrogen-bond acceptors (Lipinski definition) is 3. The maximum atomic E-state index is 12.3. The Morgan fingerprint density at radius 1 is 1.48 bits per heavy atom. The first kappa shape index (κ1) is 15.1. The van der Waals surface area contributed by atoms with Crippen LogP contribution in [0.3, 0.4) is 0 Å². The first-order valence-corrected chi connectivity index (χ1v) is 6.82. The molecule has 1 heterocycles. The van der Waals surface area contributed by atoms with Crippen molar-refractivity contribution in [3.8, 4) is 17.3 Å². The molecule has 0 radical (unpaired) electrons. The lowest BCUT2D eigenvalue weighted by Gasteiger charge is -2.09. The number of nitrogens with zero attached hydrogens (tertiary/aromatic N) is 4. The van der Waals surface area contributed by atoms with E-state index in [9.17, 15) is 4.79 Å². The van der Waals surface area contributed by atoms with E-state index in [2.05, 4.69) is 11.2 Å². The zero-order valence-corrected chi connectivity index (χ0v) is 12.6. The van der Waals surface area contributed by atoms with Crippen LogP contribution in [0.5, 0.6) is 0 Å². The molecular formula is C15H15ClN4O. The summed E-state index contributed by atoms with van der Waals surface area (Å²) in [6.07, 6.45) is 2.02. The van der Waals surface area contributed by atoms with Gasteiger partial charge in [0.05, 0.1) is 24.6 Å². The smallest absolute Gasteiger partial charge is 0.257 e. The molecule has 0 atom stereocenters. The van der Waals surface area contributed by atoms with E-state index in [1.807, 2.05) is 12.1 Å². The zero-order valence-electron chi connectivity index (χ0n) is 11.9. The molecule has 6 heteroatoms. The van der Waals surface area contributed by atoms with Crippen LogP contribution in [0, 0.1) is 11.3 Å². The number of benzene rings is 1. The van der Waals surface area contributed by atoms with Gasteiger partial charge in [0, 0.05) is 30.9 Å². The lowest BCUT2D eigenvalue weighted by Crippen LogP contribution is -2.21. The predicted octanol–water partition coefficient (Wildman–Crippen LogP) is 2.82. The average molecular weight is 303 g/mol. The van der Waals surface area contributed by atoms with Gasteiger partial charge in [-0.2, -0.15) is 10.4 Å². The number of aryl methyl sites for hydroxylation is 1. The van der Waals surface area contributed by atoms with Crippen LogP contribution in [0.2, 0.25) is 5.02 Å². The number of halogens is 1. The van der Waals surface area contributed by atoms with Gasteiger partial charge >= 0.3 is 0 Å². The van der Waals surface area contributed by atoms with Gasteiger partial charge in [0.2, 0.25) is 0 Å². The first-order valence-electron chi connectivity index (χ1n) is 6.45. The zero-order chi connectivity index (χ0) is 15.4. The van der Waals surface area contributed by atoms with E-state index in [0.717, 1.165) is 5.56 Å². The van der Waals surface area contributed by atoms with Gasteiger partial charge in [-0.05, 0) is 12.1 Å². The minimum Gasteiger partial charge on any atom is -0.345 e. The molecule has 5 nitrogen and oxygen atoms in total. The maximum Gasteiger partial charge on any atom is 0.257 e. The molecule has 0 saturated carbocycles. The Hall–Kier alpha value is -2.32. The molecule has 2 aromatic rings. The number of nitriles is 1. The summed E-state index contributed by atoms with van der Waals surface area (Å²) in [6.45, 7) is 0.449. The molecule has 1 amide bonds. The molecule has 0 spiro atoms. The lowest BCUT2D eigenvalue weighted by atomic mass is 10.1. The van der Waals surface area contributed by atoms with Crippen LogP contribution in [0.25, 0.3) is 11.3 Å². The number of carbonyl (C=O) groups excluding carboxylic acids is 1. The number of amides is 1. The molecule has 0 saturated heterocycles.